The third-order valence-electron chi connectivity index (χ3n) is 3.25. The van der Waals surface area contributed by atoms with E-state index in [9.17, 15) is 0 Å². The summed E-state index contributed by atoms with van der Waals surface area (Å²) in [4.78, 5) is 0. The van der Waals surface area contributed by atoms with Crippen molar-refractivity contribution in [3.63, 3.8) is 0 Å². The Morgan fingerprint density at radius 2 is 1.75 bits per heavy atom. The molecule has 0 amide bonds. The van der Waals surface area contributed by atoms with Crippen molar-refractivity contribution in [3.8, 4) is 5.75 Å². The minimum atomic E-state index is 0.299. The molecule has 0 bridgehead atoms. The standard InChI is InChI=1S/C17H29NO2/c1-14(2)13-20-17-9-7-16(8-10-17)15(3)18-11-5-4-6-12-19/h7-10,14-15,18-19H,4-6,11-13H2,1-3H3. The zero-order valence-corrected chi connectivity index (χ0v) is 13.1. The van der Waals surface area contributed by atoms with E-state index in [2.05, 4.69) is 38.2 Å². The first-order valence-corrected chi connectivity index (χ1v) is 7.70. The Morgan fingerprint density at radius 3 is 2.35 bits per heavy atom. The monoisotopic (exact) mass is 279 g/mol. The van der Waals surface area contributed by atoms with Gasteiger partial charge in [-0.1, -0.05) is 26.0 Å². The van der Waals surface area contributed by atoms with Gasteiger partial charge in [0.05, 0.1) is 6.61 Å². The van der Waals surface area contributed by atoms with E-state index in [4.69, 9.17) is 9.84 Å². The Morgan fingerprint density at radius 1 is 1.05 bits per heavy atom. The van der Waals surface area contributed by atoms with Crippen molar-refractivity contribution in [2.24, 2.45) is 5.92 Å². The molecule has 0 spiro atoms. The van der Waals surface area contributed by atoms with Gasteiger partial charge in [0.1, 0.15) is 5.75 Å². The minimum absolute atomic E-state index is 0.299. The predicted octanol–water partition coefficient (Wildman–Crippen LogP) is 3.53. The van der Waals surface area contributed by atoms with Crippen molar-refractivity contribution in [1.82, 2.24) is 5.32 Å². The van der Waals surface area contributed by atoms with Gasteiger partial charge in [-0.15, -0.1) is 0 Å². The molecule has 1 aromatic carbocycles. The number of aliphatic hydroxyl groups excluding tert-OH is 1. The first kappa shape index (κ1) is 17.0. The lowest BCUT2D eigenvalue weighted by molar-refractivity contribution is 0.271. The van der Waals surface area contributed by atoms with Crippen LogP contribution in [0.2, 0.25) is 0 Å². The molecule has 0 saturated heterocycles. The Balaban J connectivity index is 2.31. The van der Waals surface area contributed by atoms with Crippen LogP contribution < -0.4 is 10.1 Å². The molecular weight excluding hydrogens is 250 g/mol. The summed E-state index contributed by atoms with van der Waals surface area (Å²) < 4.78 is 5.68. The van der Waals surface area contributed by atoms with Crippen molar-refractivity contribution >= 4 is 0 Å². The highest BCUT2D eigenvalue weighted by Crippen LogP contribution is 2.18. The molecule has 0 aromatic heterocycles. The van der Waals surface area contributed by atoms with E-state index in [0.717, 1.165) is 38.2 Å². The molecule has 3 nitrogen and oxygen atoms in total. The summed E-state index contributed by atoms with van der Waals surface area (Å²) in [5.41, 5.74) is 1.28. The second-order valence-corrected chi connectivity index (χ2v) is 5.73. The highest BCUT2D eigenvalue weighted by molar-refractivity contribution is 5.28. The van der Waals surface area contributed by atoms with E-state index >= 15 is 0 Å². The summed E-state index contributed by atoms with van der Waals surface area (Å²) in [6, 6.07) is 8.69. The first-order chi connectivity index (χ1) is 9.63. The lowest BCUT2D eigenvalue weighted by atomic mass is 10.1. The van der Waals surface area contributed by atoms with Crippen LogP contribution in [0.15, 0.2) is 24.3 Å². The summed E-state index contributed by atoms with van der Waals surface area (Å²) in [7, 11) is 0. The van der Waals surface area contributed by atoms with Crippen LogP contribution in [0.4, 0.5) is 0 Å². The molecule has 0 aliphatic carbocycles. The number of aliphatic hydroxyl groups is 1. The van der Waals surface area contributed by atoms with E-state index in [1.54, 1.807) is 0 Å². The highest BCUT2D eigenvalue weighted by Gasteiger charge is 2.05. The molecule has 1 rings (SSSR count). The Bertz CT molecular complexity index is 349. The van der Waals surface area contributed by atoms with E-state index in [0.29, 0.717) is 18.6 Å². The van der Waals surface area contributed by atoms with Crippen LogP contribution in [0.5, 0.6) is 5.75 Å². The average molecular weight is 279 g/mol. The molecule has 0 saturated carbocycles. The van der Waals surface area contributed by atoms with Crippen LogP contribution in [-0.4, -0.2) is 24.9 Å². The van der Waals surface area contributed by atoms with E-state index in [1.165, 1.54) is 5.56 Å². The predicted molar refractivity (Wildman–Crippen MR) is 84.1 cm³/mol. The number of unbranched alkanes of at least 4 members (excludes halogenated alkanes) is 2. The molecule has 3 heteroatoms. The van der Waals surface area contributed by atoms with Gasteiger partial charge in [-0.05, 0) is 56.3 Å². The lowest BCUT2D eigenvalue weighted by Gasteiger charge is -2.15. The smallest absolute Gasteiger partial charge is 0.119 e. The molecule has 1 unspecified atom stereocenters. The number of rotatable bonds is 10. The van der Waals surface area contributed by atoms with Crippen molar-refractivity contribution in [1.29, 1.82) is 0 Å². The van der Waals surface area contributed by atoms with Gasteiger partial charge in [-0.25, -0.2) is 0 Å². The summed E-state index contributed by atoms with van der Waals surface area (Å²) in [5, 5.41) is 12.2. The third kappa shape index (κ3) is 6.92. The Hall–Kier alpha value is -1.06. The van der Waals surface area contributed by atoms with Gasteiger partial charge in [0, 0.05) is 12.6 Å². The quantitative estimate of drug-likeness (QED) is 0.644. The normalized spacial score (nSPS) is 12.7. The molecule has 0 aliphatic heterocycles. The zero-order valence-electron chi connectivity index (χ0n) is 13.1. The van der Waals surface area contributed by atoms with Crippen LogP contribution >= 0.6 is 0 Å². The molecule has 114 valence electrons. The topological polar surface area (TPSA) is 41.5 Å². The van der Waals surface area contributed by atoms with Crippen LogP contribution in [-0.2, 0) is 0 Å². The van der Waals surface area contributed by atoms with Crippen LogP contribution in [0, 0.1) is 5.92 Å². The largest absolute Gasteiger partial charge is 0.493 e. The maximum atomic E-state index is 8.72. The number of hydrogen-bond donors (Lipinski definition) is 2. The SMILES string of the molecule is CC(C)COc1ccc(C(C)NCCCCCO)cc1. The molecule has 0 heterocycles. The lowest BCUT2D eigenvalue weighted by Crippen LogP contribution is -2.19. The van der Waals surface area contributed by atoms with E-state index < -0.39 is 0 Å². The van der Waals surface area contributed by atoms with Gasteiger partial charge in [0.25, 0.3) is 0 Å². The summed E-state index contributed by atoms with van der Waals surface area (Å²) >= 11 is 0. The molecule has 20 heavy (non-hydrogen) atoms. The number of ether oxygens (including phenoxy) is 1. The van der Waals surface area contributed by atoms with Gasteiger partial charge in [0.2, 0.25) is 0 Å². The van der Waals surface area contributed by atoms with E-state index in [-0.39, 0.29) is 0 Å². The van der Waals surface area contributed by atoms with Crippen molar-refractivity contribution in [2.45, 2.75) is 46.1 Å². The minimum Gasteiger partial charge on any atom is -0.493 e. The van der Waals surface area contributed by atoms with Crippen molar-refractivity contribution in [2.75, 3.05) is 19.8 Å². The van der Waals surface area contributed by atoms with Crippen LogP contribution in [0.3, 0.4) is 0 Å². The highest BCUT2D eigenvalue weighted by atomic mass is 16.5. The second kappa shape index (κ2) is 9.78. The van der Waals surface area contributed by atoms with Gasteiger partial charge in [0.15, 0.2) is 0 Å². The Labute approximate surface area is 123 Å². The number of benzene rings is 1. The van der Waals surface area contributed by atoms with Crippen LogP contribution in [0.1, 0.15) is 51.6 Å². The zero-order chi connectivity index (χ0) is 14.8. The van der Waals surface area contributed by atoms with Gasteiger partial charge in [-0.3, -0.25) is 0 Å². The molecular formula is C17H29NO2. The molecule has 0 fully saturated rings. The van der Waals surface area contributed by atoms with Gasteiger partial charge in [-0.2, -0.15) is 0 Å². The second-order valence-electron chi connectivity index (χ2n) is 5.73. The fourth-order valence-corrected chi connectivity index (χ4v) is 1.97. The average Bonchev–Trinajstić information content (AvgIpc) is 2.45. The molecule has 1 aromatic rings. The van der Waals surface area contributed by atoms with Gasteiger partial charge >= 0.3 is 0 Å². The fourth-order valence-electron chi connectivity index (χ4n) is 1.97. The third-order valence-corrected chi connectivity index (χ3v) is 3.25. The number of nitrogens with one attached hydrogen (secondary N) is 1. The fraction of sp³-hybridized carbons (Fsp3) is 0.647. The molecule has 1 atom stereocenters. The van der Waals surface area contributed by atoms with Gasteiger partial charge < -0.3 is 15.2 Å². The maximum absolute atomic E-state index is 8.72. The van der Waals surface area contributed by atoms with Crippen molar-refractivity contribution in [3.05, 3.63) is 29.8 Å². The van der Waals surface area contributed by atoms with Crippen LogP contribution in [0.25, 0.3) is 0 Å². The Kier molecular flexibility index (Phi) is 8.31. The number of hydrogen-bond acceptors (Lipinski definition) is 3. The molecule has 0 radical (unpaired) electrons. The maximum Gasteiger partial charge on any atom is 0.119 e. The summed E-state index contributed by atoms with van der Waals surface area (Å²) in [6.45, 7) is 8.53. The summed E-state index contributed by atoms with van der Waals surface area (Å²) in [6.07, 6.45) is 3.09. The van der Waals surface area contributed by atoms with Crippen molar-refractivity contribution < 1.29 is 9.84 Å². The molecule has 2 N–H and O–H groups in total. The summed E-state index contributed by atoms with van der Waals surface area (Å²) in [5.74, 6) is 1.49. The molecule has 0 aliphatic rings. The first-order valence-electron chi connectivity index (χ1n) is 7.70. The van der Waals surface area contributed by atoms with E-state index in [1.807, 2.05) is 12.1 Å².